The number of hydrogen-bond acceptors (Lipinski definition) is 3. The van der Waals surface area contributed by atoms with E-state index >= 15 is 0 Å². The average Bonchev–Trinajstić information content (AvgIpc) is 2.25. The molecule has 6 heteroatoms. The molecular formula is C11H20N2O4. The molecule has 2 amide bonds. The molecule has 0 spiro atoms. The molecule has 98 valence electrons. The zero-order valence-electron chi connectivity index (χ0n) is 10.8. The summed E-state index contributed by atoms with van der Waals surface area (Å²) in [6.07, 6.45) is 0.679. The number of nitrogens with zero attached hydrogens (tertiary/aromatic N) is 2. The molecule has 0 bridgehead atoms. The second-order valence-corrected chi connectivity index (χ2v) is 4.11. The number of carbonyl (C=O) groups excluding carboxylic acids is 2. The predicted octanol–water partition coefficient (Wildman–Crippen LogP) is 0.0339. The van der Waals surface area contributed by atoms with Gasteiger partial charge < -0.3 is 14.9 Å². The molecule has 0 rings (SSSR count). The van der Waals surface area contributed by atoms with E-state index in [0.717, 1.165) is 0 Å². The fourth-order valence-electron chi connectivity index (χ4n) is 1.22. The molecule has 0 aliphatic carbocycles. The van der Waals surface area contributed by atoms with Gasteiger partial charge in [0.05, 0.1) is 6.54 Å². The zero-order valence-corrected chi connectivity index (χ0v) is 10.8. The van der Waals surface area contributed by atoms with Gasteiger partial charge in [0.2, 0.25) is 11.8 Å². The third-order valence-corrected chi connectivity index (χ3v) is 2.37. The minimum atomic E-state index is -1.17. The molecule has 0 heterocycles. The zero-order chi connectivity index (χ0) is 13.6. The fourth-order valence-corrected chi connectivity index (χ4v) is 1.22. The number of hydrogen-bond donors (Lipinski definition) is 1. The van der Waals surface area contributed by atoms with Crippen LogP contribution in [0.1, 0.15) is 20.3 Å². The molecule has 0 fully saturated rings. The number of likely N-dealkylation sites (N-methyl/N-ethyl adjacent to an activating group) is 1. The largest absolute Gasteiger partial charge is 0.481 e. The Bertz CT molecular complexity index is 302. The Balaban J connectivity index is 4.67. The molecule has 17 heavy (non-hydrogen) atoms. The second kappa shape index (κ2) is 6.88. The van der Waals surface area contributed by atoms with Crippen LogP contribution in [0.3, 0.4) is 0 Å². The lowest BCUT2D eigenvalue weighted by Gasteiger charge is -2.24. The summed E-state index contributed by atoms with van der Waals surface area (Å²) < 4.78 is 0. The van der Waals surface area contributed by atoms with E-state index in [1.54, 1.807) is 14.1 Å². The first-order valence-corrected chi connectivity index (χ1v) is 5.53. The van der Waals surface area contributed by atoms with Crippen molar-refractivity contribution in [3.8, 4) is 0 Å². The van der Waals surface area contributed by atoms with Crippen LogP contribution in [0.4, 0.5) is 0 Å². The summed E-state index contributed by atoms with van der Waals surface area (Å²) in [7, 11) is 3.19. The minimum Gasteiger partial charge on any atom is -0.481 e. The van der Waals surface area contributed by atoms with Crippen LogP contribution < -0.4 is 0 Å². The SMILES string of the molecule is CCCN(CC(=O)N(C)C)C(=O)C(C)C(=O)O. The van der Waals surface area contributed by atoms with Crippen molar-refractivity contribution in [2.24, 2.45) is 5.92 Å². The predicted molar refractivity (Wildman–Crippen MR) is 62.4 cm³/mol. The standard InChI is InChI=1S/C11H20N2O4/c1-5-6-13(7-9(14)12(3)4)10(15)8(2)11(16)17/h8H,5-7H2,1-4H3,(H,16,17). The number of carbonyl (C=O) groups is 3. The minimum absolute atomic E-state index is 0.0721. The van der Waals surface area contributed by atoms with Crippen LogP contribution in [0.25, 0.3) is 0 Å². The van der Waals surface area contributed by atoms with Gasteiger partial charge in [0.25, 0.3) is 0 Å². The number of aliphatic carboxylic acids is 1. The van der Waals surface area contributed by atoms with E-state index in [4.69, 9.17) is 5.11 Å². The maximum absolute atomic E-state index is 11.8. The summed E-state index contributed by atoms with van der Waals surface area (Å²) in [5.74, 6) is -3.02. The molecule has 0 saturated carbocycles. The quantitative estimate of drug-likeness (QED) is 0.669. The second-order valence-electron chi connectivity index (χ2n) is 4.11. The van der Waals surface area contributed by atoms with E-state index in [9.17, 15) is 14.4 Å². The van der Waals surface area contributed by atoms with Crippen LogP contribution in [0.2, 0.25) is 0 Å². The molecule has 6 nitrogen and oxygen atoms in total. The number of carboxylic acid groups (broad SMARTS) is 1. The van der Waals surface area contributed by atoms with Crippen molar-refractivity contribution >= 4 is 17.8 Å². The Kier molecular flexibility index (Phi) is 6.23. The van der Waals surface area contributed by atoms with Crippen molar-refractivity contribution in [3.63, 3.8) is 0 Å². The van der Waals surface area contributed by atoms with Crippen LogP contribution in [0.15, 0.2) is 0 Å². The van der Waals surface area contributed by atoms with Gasteiger partial charge in [-0.1, -0.05) is 6.92 Å². The topological polar surface area (TPSA) is 77.9 Å². The molecule has 0 aliphatic rings. The summed E-state index contributed by atoms with van der Waals surface area (Å²) in [4.78, 5) is 36.7. The Labute approximate surface area is 101 Å². The van der Waals surface area contributed by atoms with Gasteiger partial charge in [-0.05, 0) is 13.3 Å². The third kappa shape index (κ3) is 4.84. The molecule has 0 aromatic rings. The van der Waals surface area contributed by atoms with Crippen LogP contribution in [0, 0.1) is 5.92 Å². The van der Waals surface area contributed by atoms with Gasteiger partial charge in [-0.2, -0.15) is 0 Å². The Morgan fingerprint density at radius 2 is 1.76 bits per heavy atom. The van der Waals surface area contributed by atoms with E-state index in [2.05, 4.69) is 0 Å². The Hall–Kier alpha value is -1.59. The Morgan fingerprint density at radius 3 is 2.12 bits per heavy atom. The summed E-state index contributed by atoms with van der Waals surface area (Å²) in [5, 5.41) is 8.77. The highest BCUT2D eigenvalue weighted by Gasteiger charge is 2.27. The van der Waals surface area contributed by atoms with Crippen LogP contribution in [-0.2, 0) is 14.4 Å². The van der Waals surface area contributed by atoms with Crippen LogP contribution in [0.5, 0.6) is 0 Å². The summed E-state index contributed by atoms with van der Waals surface area (Å²) in [6, 6.07) is 0. The normalized spacial score (nSPS) is 11.8. The number of amides is 2. The molecule has 0 aliphatic heterocycles. The highest BCUT2D eigenvalue weighted by molar-refractivity contribution is 5.97. The molecule has 1 atom stereocenters. The molecule has 1 N–H and O–H groups in total. The fraction of sp³-hybridized carbons (Fsp3) is 0.727. The first-order chi connectivity index (χ1) is 7.81. The van der Waals surface area contributed by atoms with Crippen molar-refractivity contribution < 1.29 is 19.5 Å². The van der Waals surface area contributed by atoms with Gasteiger partial charge in [0.15, 0.2) is 0 Å². The molecule has 0 radical (unpaired) electrons. The molecular weight excluding hydrogens is 224 g/mol. The van der Waals surface area contributed by atoms with E-state index in [0.29, 0.717) is 13.0 Å². The van der Waals surface area contributed by atoms with Gasteiger partial charge in [-0.3, -0.25) is 14.4 Å². The first kappa shape index (κ1) is 15.4. The number of rotatable bonds is 6. The average molecular weight is 244 g/mol. The van der Waals surface area contributed by atoms with E-state index < -0.39 is 17.8 Å². The van der Waals surface area contributed by atoms with Gasteiger partial charge in [0, 0.05) is 20.6 Å². The third-order valence-electron chi connectivity index (χ3n) is 2.37. The van der Waals surface area contributed by atoms with Crippen molar-refractivity contribution in [1.29, 1.82) is 0 Å². The molecule has 1 unspecified atom stereocenters. The summed E-state index contributed by atoms with van der Waals surface area (Å²) >= 11 is 0. The molecule has 0 saturated heterocycles. The first-order valence-electron chi connectivity index (χ1n) is 5.53. The Morgan fingerprint density at radius 1 is 1.24 bits per heavy atom. The number of carboxylic acids is 1. The van der Waals surface area contributed by atoms with Crippen molar-refractivity contribution in [2.45, 2.75) is 20.3 Å². The van der Waals surface area contributed by atoms with Crippen molar-refractivity contribution in [1.82, 2.24) is 9.80 Å². The van der Waals surface area contributed by atoms with Crippen LogP contribution in [-0.4, -0.2) is 59.9 Å². The monoisotopic (exact) mass is 244 g/mol. The maximum atomic E-state index is 11.8. The molecule has 0 aromatic heterocycles. The van der Waals surface area contributed by atoms with Crippen molar-refractivity contribution in [3.05, 3.63) is 0 Å². The van der Waals surface area contributed by atoms with Crippen molar-refractivity contribution in [2.75, 3.05) is 27.2 Å². The van der Waals surface area contributed by atoms with E-state index in [1.165, 1.54) is 16.7 Å². The van der Waals surface area contributed by atoms with E-state index in [-0.39, 0.29) is 12.5 Å². The van der Waals surface area contributed by atoms with Gasteiger partial charge in [-0.15, -0.1) is 0 Å². The highest BCUT2D eigenvalue weighted by atomic mass is 16.4. The lowest BCUT2D eigenvalue weighted by atomic mass is 10.1. The molecule has 0 aromatic carbocycles. The van der Waals surface area contributed by atoms with Gasteiger partial charge >= 0.3 is 5.97 Å². The smallest absolute Gasteiger partial charge is 0.315 e. The summed E-state index contributed by atoms with van der Waals surface area (Å²) in [5.41, 5.74) is 0. The highest BCUT2D eigenvalue weighted by Crippen LogP contribution is 2.04. The van der Waals surface area contributed by atoms with Gasteiger partial charge in [-0.25, -0.2) is 0 Å². The van der Waals surface area contributed by atoms with Gasteiger partial charge in [0.1, 0.15) is 5.92 Å². The lowest BCUT2D eigenvalue weighted by molar-refractivity contribution is -0.152. The maximum Gasteiger partial charge on any atom is 0.315 e. The van der Waals surface area contributed by atoms with E-state index in [1.807, 2.05) is 6.92 Å². The lowest BCUT2D eigenvalue weighted by Crippen LogP contribution is -2.44. The summed E-state index contributed by atoms with van der Waals surface area (Å²) in [6.45, 7) is 3.51. The van der Waals surface area contributed by atoms with Crippen LogP contribution >= 0.6 is 0 Å².